The summed E-state index contributed by atoms with van der Waals surface area (Å²) in [5, 5.41) is 2.16. The van der Waals surface area contributed by atoms with Crippen LogP contribution in [0.3, 0.4) is 0 Å². The van der Waals surface area contributed by atoms with E-state index in [1.54, 1.807) is 11.3 Å². The maximum atomic E-state index is 3.69. The SMILES string of the molecule is Brc1cc(C(Br)c2ccccc2)cs1. The van der Waals surface area contributed by atoms with E-state index in [-0.39, 0.29) is 0 Å². The highest BCUT2D eigenvalue weighted by Gasteiger charge is 2.10. The average Bonchev–Trinajstić information content (AvgIpc) is 2.65. The van der Waals surface area contributed by atoms with Crippen LogP contribution >= 0.6 is 43.2 Å². The lowest BCUT2D eigenvalue weighted by Gasteiger charge is -2.07. The monoisotopic (exact) mass is 330 g/mol. The van der Waals surface area contributed by atoms with Gasteiger partial charge in [-0.15, -0.1) is 11.3 Å². The summed E-state index contributed by atoms with van der Waals surface area (Å²) in [7, 11) is 0. The van der Waals surface area contributed by atoms with Crippen LogP contribution in [0.15, 0.2) is 45.6 Å². The van der Waals surface area contributed by atoms with Crippen LogP contribution in [-0.4, -0.2) is 0 Å². The maximum absolute atomic E-state index is 3.69. The van der Waals surface area contributed by atoms with Gasteiger partial charge in [-0.1, -0.05) is 46.3 Å². The molecule has 0 spiro atoms. The molecule has 0 N–H and O–H groups in total. The number of hydrogen-bond acceptors (Lipinski definition) is 1. The third-order valence-corrected chi connectivity index (χ3v) is 4.55. The van der Waals surface area contributed by atoms with E-state index in [4.69, 9.17) is 0 Å². The van der Waals surface area contributed by atoms with Crippen LogP contribution in [0, 0.1) is 0 Å². The highest BCUT2D eigenvalue weighted by atomic mass is 79.9. The molecule has 72 valence electrons. The van der Waals surface area contributed by atoms with Crippen molar-refractivity contribution in [2.75, 3.05) is 0 Å². The van der Waals surface area contributed by atoms with Crippen LogP contribution in [0.1, 0.15) is 16.0 Å². The Bertz CT molecular complexity index is 408. The highest BCUT2D eigenvalue weighted by Crippen LogP contribution is 2.34. The number of benzene rings is 1. The molecule has 1 aromatic carbocycles. The lowest BCUT2D eigenvalue weighted by atomic mass is 10.1. The van der Waals surface area contributed by atoms with Gasteiger partial charge in [0.25, 0.3) is 0 Å². The maximum Gasteiger partial charge on any atom is 0.0701 e. The molecule has 0 aliphatic carbocycles. The van der Waals surface area contributed by atoms with Crippen LogP contribution in [0.2, 0.25) is 0 Å². The number of hydrogen-bond donors (Lipinski definition) is 0. The molecular weight excluding hydrogens is 324 g/mol. The zero-order valence-electron chi connectivity index (χ0n) is 7.28. The third kappa shape index (κ3) is 2.27. The molecule has 3 heteroatoms. The molecule has 14 heavy (non-hydrogen) atoms. The topological polar surface area (TPSA) is 0 Å². The fourth-order valence-corrected chi connectivity index (χ4v) is 3.22. The molecule has 0 aliphatic rings. The summed E-state index contributed by atoms with van der Waals surface area (Å²) in [5.74, 6) is 0. The minimum absolute atomic E-state index is 0.297. The van der Waals surface area contributed by atoms with E-state index in [2.05, 4.69) is 67.6 Å². The van der Waals surface area contributed by atoms with Gasteiger partial charge in [0.05, 0.1) is 8.61 Å². The second kappa shape index (κ2) is 4.60. The van der Waals surface area contributed by atoms with E-state index in [0.29, 0.717) is 4.83 Å². The van der Waals surface area contributed by atoms with E-state index in [1.807, 2.05) is 6.07 Å². The molecule has 0 saturated heterocycles. The summed E-state index contributed by atoms with van der Waals surface area (Å²) in [4.78, 5) is 0.297. The predicted octanol–water partition coefficient (Wildman–Crippen LogP) is 4.99. The first-order valence-corrected chi connectivity index (χ1v) is 6.79. The van der Waals surface area contributed by atoms with Gasteiger partial charge in [-0.3, -0.25) is 0 Å². The molecule has 0 aliphatic heterocycles. The number of halogens is 2. The first-order chi connectivity index (χ1) is 6.77. The van der Waals surface area contributed by atoms with Crippen molar-refractivity contribution in [2.24, 2.45) is 0 Å². The van der Waals surface area contributed by atoms with Crippen molar-refractivity contribution < 1.29 is 0 Å². The Morgan fingerprint density at radius 1 is 1.07 bits per heavy atom. The van der Waals surface area contributed by atoms with Crippen molar-refractivity contribution in [3.8, 4) is 0 Å². The van der Waals surface area contributed by atoms with Crippen molar-refractivity contribution in [3.63, 3.8) is 0 Å². The zero-order valence-corrected chi connectivity index (χ0v) is 11.3. The fraction of sp³-hybridized carbons (Fsp3) is 0.0909. The van der Waals surface area contributed by atoms with Crippen molar-refractivity contribution in [3.05, 3.63) is 56.7 Å². The first kappa shape index (κ1) is 10.4. The molecule has 1 unspecified atom stereocenters. The second-order valence-electron chi connectivity index (χ2n) is 2.96. The summed E-state index contributed by atoms with van der Waals surface area (Å²) >= 11 is 8.88. The van der Waals surface area contributed by atoms with E-state index in [9.17, 15) is 0 Å². The van der Waals surface area contributed by atoms with Gasteiger partial charge in [-0.05, 0) is 38.5 Å². The average molecular weight is 332 g/mol. The molecule has 1 heterocycles. The Kier molecular flexibility index (Phi) is 3.42. The number of thiophene rings is 1. The van der Waals surface area contributed by atoms with Gasteiger partial charge in [-0.2, -0.15) is 0 Å². The molecule has 2 aromatic rings. The lowest BCUT2D eigenvalue weighted by Crippen LogP contribution is -1.88. The standard InChI is InChI=1S/C11H8Br2S/c12-10-6-9(7-14-10)11(13)8-4-2-1-3-5-8/h1-7,11H. The molecule has 0 fully saturated rings. The molecule has 0 saturated carbocycles. The Balaban J connectivity index is 2.29. The Labute approximate surface area is 104 Å². The first-order valence-electron chi connectivity index (χ1n) is 4.20. The van der Waals surface area contributed by atoms with Gasteiger partial charge >= 0.3 is 0 Å². The molecule has 0 bridgehead atoms. The summed E-state index contributed by atoms with van der Waals surface area (Å²) in [6.07, 6.45) is 0. The fourth-order valence-electron chi connectivity index (χ4n) is 1.27. The molecule has 0 nitrogen and oxygen atoms in total. The highest BCUT2D eigenvalue weighted by molar-refractivity contribution is 9.11. The van der Waals surface area contributed by atoms with Crippen molar-refractivity contribution in [1.29, 1.82) is 0 Å². The Morgan fingerprint density at radius 2 is 1.79 bits per heavy atom. The molecule has 1 atom stereocenters. The summed E-state index contributed by atoms with van der Waals surface area (Å²) in [6.45, 7) is 0. The summed E-state index contributed by atoms with van der Waals surface area (Å²) in [5.41, 5.74) is 2.59. The minimum atomic E-state index is 0.297. The predicted molar refractivity (Wildman–Crippen MR) is 69.2 cm³/mol. The van der Waals surface area contributed by atoms with Gasteiger partial charge in [0, 0.05) is 0 Å². The van der Waals surface area contributed by atoms with E-state index in [1.165, 1.54) is 14.9 Å². The van der Waals surface area contributed by atoms with Gasteiger partial charge in [-0.25, -0.2) is 0 Å². The quantitative estimate of drug-likeness (QED) is 0.680. The van der Waals surface area contributed by atoms with Crippen molar-refractivity contribution in [2.45, 2.75) is 4.83 Å². The van der Waals surface area contributed by atoms with Gasteiger partial charge in [0.1, 0.15) is 0 Å². The van der Waals surface area contributed by atoms with Crippen LogP contribution in [0.5, 0.6) is 0 Å². The van der Waals surface area contributed by atoms with E-state index >= 15 is 0 Å². The zero-order chi connectivity index (χ0) is 9.97. The number of rotatable bonds is 2. The van der Waals surface area contributed by atoms with Gasteiger partial charge < -0.3 is 0 Å². The van der Waals surface area contributed by atoms with Crippen LogP contribution in [0.25, 0.3) is 0 Å². The molecular formula is C11H8Br2S. The smallest absolute Gasteiger partial charge is 0.0701 e. The summed E-state index contributed by atoms with van der Waals surface area (Å²) < 4.78 is 1.17. The van der Waals surface area contributed by atoms with Crippen LogP contribution in [0.4, 0.5) is 0 Å². The van der Waals surface area contributed by atoms with Crippen molar-refractivity contribution >= 4 is 43.2 Å². The Morgan fingerprint density at radius 3 is 2.36 bits per heavy atom. The minimum Gasteiger partial charge on any atom is -0.136 e. The summed E-state index contributed by atoms with van der Waals surface area (Å²) in [6, 6.07) is 12.6. The van der Waals surface area contributed by atoms with E-state index < -0.39 is 0 Å². The molecule has 0 amide bonds. The van der Waals surface area contributed by atoms with Crippen molar-refractivity contribution in [1.82, 2.24) is 0 Å². The second-order valence-corrected chi connectivity index (χ2v) is 6.16. The Hall–Kier alpha value is -0.120. The van der Waals surface area contributed by atoms with Gasteiger partial charge in [0.15, 0.2) is 0 Å². The van der Waals surface area contributed by atoms with E-state index in [0.717, 1.165) is 0 Å². The van der Waals surface area contributed by atoms with Crippen LogP contribution < -0.4 is 0 Å². The normalized spacial score (nSPS) is 12.7. The third-order valence-electron chi connectivity index (χ3n) is 1.97. The van der Waals surface area contributed by atoms with Crippen LogP contribution in [-0.2, 0) is 0 Å². The lowest BCUT2D eigenvalue weighted by molar-refractivity contribution is 1.19. The molecule has 2 rings (SSSR count). The van der Waals surface area contributed by atoms with Gasteiger partial charge in [0.2, 0.25) is 0 Å². The number of alkyl halides is 1. The molecule has 0 radical (unpaired) electrons. The molecule has 1 aromatic heterocycles. The largest absolute Gasteiger partial charge is 0.136 e.